The Morgan fingerprint density at radius 3 is 2.48 bits per heavy atom. The summed E-state index contributed by atoms with van der Waals surface area (Å²) in [4.78, 5) is 37.9. The third kappa shape index (κ3) is 2.23. The number of likely N-dealkylation sites (tertiary alicyclic amines) is 1. The highest BCUT2D eigenvalue weighted by Gasteiger charge is 2.59. The van der Waals surface area contributed by atoms with Crippen LogP contribution in [0.5, 0.6) is 0 Å². The number of aromatic nitrogens is 2. The fourth-order valence-electron chi connectivity index (χ4n) is 3.76. The van der Waals surface area contributed by atoms with Gasteiger partial charge in [0.05, 0.1) is 11.8 Å². The number of fused-ring (bicyclic) bond motifs is 5. The lowest BCUT2D eigenvalue weighted by Crippen LogP contribution is -2.43. The molecule has 1 aromatic rings. The predicted molar refractivity (Wildman–Crippen MR) is 81.2 cm³/mol. The Kier molecular flexibility index (Phi) is 3.19. The Morgan fingerprint density at radius 2 is 1.91 bits per heavy atom. The van der Waals surface area contributed by atoms with Crippen molar-refractivity contribution in [1.29, 1.82) is 0 Å². The summed E-state index contributed by atoms with van der Waals surface area (Å²) in [5, 5.41) is 13.8. The first-order chi connectivity index (χ1) is 11.0. The molecule has 9 heteroatoms. The fourth-order valence-corrected chi connectivity index (χ4v) is 4.35. The molecule has 2 aliphatic carbocycles. The van der Waals surface area contributed by atoms with Crippen LogP contribution < -0.4 is 10.6 Å². The number of carbonyl (C=O) groups is 3. The average molecular weight is 333 g/mol. The van der Waals surface area contributed by atoms with Gasteiger partial charge >= 0.3 is 6.03 Å². The molecule has 1 aromatic heterocycles. The van der Waals surface area contributed by atoms with Crippen molar-refractivity contribution < 1.29 is 14.4 Å². The van der Waals surface area contributed by atoms with E-state index < -0.39 is 6.03 Å². The molecule has 23 heavy (non-hydrogen) atoms. The summed E-state index contributed by atoms with van der Waals surface area (Å²) < 4.78 is 0. The smallest absolute Gasteiger partial charge is 0.320 e. The molecular formula is C14H15N5O3S. The maximum absolute atomic E-state index is 12.4. The van der Waals surface area contributed by atoms with Gasteiger partial charge in [-0.1, -0.05) is 23.5 Å². The van der Waals surface area contributed by atoms with Crippen LogP contribution in [0.3, 0.4) is 0 Å². The van der Waals surface area contributed by atoms with E-state index in [1.54, 1.807) is 6.92 Å². The van der Waals surface area contributed by atoms with E-state index in [1.165, 1.54) is 11.3 Å². The van der Waals surface area contributed by atoms with Crippen molar-refractivity contribution in [2.24, 2.45) is 23.7 Å². The molecule has 4 atom stereocenters. The van der Waals surface area contributed by atoms with Crippen LogP contribution in [0.4, 0.5) is 9.93 Å². The predicted octanol–water partition coefficient (Wildman–Crippen LogP) is 0.733. The summed E-state index contributed by atoms with van der Waals surface area (Å²) >= 11 is 1.25. The topological polar surface area (TPSA) is 104 Å². The largest absolute Gasteiger partial charge is 0.322 e. The van der Waals surface area contributed by atoms with E-state index in [4.69, 9.17) is 0 Å². The number of anilines is 1. The van der Waals surface area contributed by atoms with Gasteiger partial charge in [0, 0.05) is 0 Å². The van der Waals surface area contributed by atoms with Gasteiger partial charge in [-0.15, -0.1) is 10.2 Å². The zero-order valence-corrected chi connectivity index (χ0v) is 13.2. The number of allylic oxidation sites excluding steroid dienone is 2. The monoisotopic (exact) mass is 333 g/mol. The van der Waals surface area contributed by atoms with Gasteiger partial charge in [0.2, 0.25) is 16.9 Å². The fraction of sp³-hybridized carbons (Fsp3) is 0.500. The summed E-state index contributed by atoms with van der Waals surface area (Å²) in [6, 6.07) is -0.514. The highest BCUT2D eigenvalue weighted by atomic mass is 32.1. The Morgan fingerprint density at radius 1 is 1.26 bits per heavy atom. The normalized spacial score (nSPS) is 30.9. The molecule has 120 valence electrons. The average Bonchev–Trinajstić information content (AvgIpc) is 3.25. The number of rotatable bonds is 3. The van der Waals surface area contributed by atoms with Crippen LogP contribution in [-0.2, 0) is 9.59 Å². The minimum absolute atomic E-state index is 0.117. The Balaban J connectivity index is 1.37. The molecule has 0 radical (unpaired) electrons. The third-order valence-electron chi connectivity index (χ3n) is 4.71. The van der Waals surface area contributed by atoms with E-state index in [0.29, 0.717) is 5.13 Å². The lowest BCUT2D eigenvalue weighted by Gasteiger charge is -2.17. The Labute approximate surface area is 135 Å². The summed E-state index contributed by atoms with van der Waals surface area (Å²) in [5.74, 6) is -0.497. The Hall–Kier alpha value is -2.29. The molecule has 2 N–H and O–H groups in total. The number of hydrogen-bond acceptors (Lipinski definition) is 6. The van der Waals surface area contributed by atoms with Crippen LogP contribution in [0.15, 0.2) is 12.2 Å². The van der Waals surface area contributed by atoms with Crippen LogP contribution >= 0.6 is 11.3 Å². The number of carbonyl (C=O) groups excluding carboxylic acids is 3. The van der Waals surface area contributed by atoms with Gasteiger partial charge in [-0.05, 0) is 25.2 Å². The first-order valence-corrected chi connectivity index (χ1v) is 8.25. The van der Waals surface area contributed by atoms with Gasteiger partial charge in [-0.3, -0.25) is 19.8 Å². The molecule has 0 unspecified atom stereocenters. The summed E-state index contributed by atoms with van der Waals surface area (Å²) in [6.07, 6.45) is 4.97. The summed E-state index contributed by atoms with van der Waals surface area (Å²) in [6.45, 7) is 1.66. The molecule has 2 heterocycles. The SMILES string of the molecule is Cc1nnc(NC(=O)NCN2C(=O)[C@H]3[C@H](C2=O)[C@H]2C=C[C@H]3C2)s1. The number of urea groups is 1. The Bertz CT molecular complexity index is 700. The molecular weight excluding hydrogens is 318 g/mol. The van der Waals surface area contributed by atoms with Crippen LogP contribution in [0.2, 0.25) is 0 Å². The van der Waals surface area contributed by atoms with E-state index in [0.717, 1.165) is 16.3 Å². The molecule has 2 fully saturated rings. The molecule has 8 nitrogen and oxygen atoms in total. The van der Waals surface area contributed by atoms with E-state index in [2.05, 4.69) is 20.8 Å². The maximum Gasteiger partial charge on any atom is 0.322 e. The van der Waals surface area contributed by atoms with E-state index in [-0.39, 0.29) is 42.2 Å². The van der Waals surface area contributed by atoms with Crippen molar-refractivity contribution >= 4 is 34.3 Å². The number of nitrogens with one attached hydrogen (secondary N) is 2. The molecule has 0 spiro atoms. The lowest BCUT2D eigenvalue weighted by atomic mass is 9.85. The van der Waals surface area contributed by atoms with Crippen molar-refractivity contribution in [3.8, 4) is 0 Å². The zero-order valence-electron chi connectivity index (χ0n) is 12.4. The van der Waals surface area contributed by atoms with Crippen molar-refractivity contribution in [2.45, 2.75) is 13.3 Å². The van der Waals surface area contributed by atoms with E-state index in [9.17, 15) is 14.4 Å². The highest BCUT2D eigenvalue weighted by molar-refractivity contribution is 7.15. The van der Waals surface area contributed by atoms with Gasteiger partial charge in [0.15, 0.2) is 0 Å². The number of amides is 4. The number of nitrogens with zero attached hydrogens (tertiary/aromatic N) is 3. The third-order valence-corrected chi connectivity index (χ3v) is 5.46. The van der Waals surface area contributed by atoms with Gasteiger partial charge in [0.25, 0.3) is 0 Å². The number of hydrogen-bond donors (Lipinski definition) is 2. The first-order valence-electron chi connectivity index (χ1n) is 7.43. The maximum atomic E-state index is 12.4. The second kappa shape index (κ2) is 5.12. The molecule has 1 saturated carbocycles. The number of imide groups is 1. The van der Waals surface area contributed by atoms with Gasteiger partial charge in [-0.25, -0.2) is 4.79 Å². The van der Waals surface area contributed by atoms with Gasteiger partial charge in [-0.2, -0.15) is 0 Å². The molecule has 4 rings (SSSR count). The van der Waals surface area contributed by atoms with E-state index >= 15 is 0 Å². The molecule has 1 saturated heterocycles. The summed E-state index contributed by atoms with van der Waals surface area (Å²) in [5.41, 5.74) is 0. The molecule has 0 aromatic carbocycles. The zero-order chi connectivity index (χ0) is 16.1. The summed E-state index contributed by atoms with van der Waals surface area (Å²) in [7, 11) is 0. The highest BCUT2D eigenvalue weighted by Crippen LogP contribution is 2.52. The molecule has 3 aliphatic rings. The van der Waals surface area contributed by atoms with Crippen LogP contribution in [0.1, 0.15) is 11.4 Å². The minimum atomic E-state index is -0.514. The van der Waals surface area contributed by atoms with Crippen LogP contribution in [0.25, 0.3) is 0 Å². The van der Waals surface area contributed by atoms with E-state index in [1.807, 2.05) is 12.2 Å². The lowest BCUT2D eigenvalue weighted by molar-refractivity contribution is -0.140. The minimum Gasteiger partial charge on any atom is -0.320 e. The molecule has 4 amide bonds. The van der Waals surface area contributed by atoms with Crippen molar-refractivity contribution in [3.63, 3.8) is 0 Å². The van der Waals surface area contributed by atoms with Crippen molar-refractivity contribution in [1.82, 2.24) is 20.4 Å². The van der Waals surface area contributed by atoms with Gasteiger partial charge < -0.3 is 5.32 Å². The first kappa shape index (κ1) is 14.3. The second-order valence-electron chi connectivity index (χ2n) is 6.02. The molecule has 2 bridgehead atoms. The van der Waals surface area contributed by atoms with Gasteiger partial charge in [0.1, 0.15) is 11.7 Å². The van der Waals surface area contributed by atoms with Crippen molar-refractivity contribution in [3.05, 3.63) is 17.2 Å². The van der Waals surface area contributed by atoms with Crippen LogP contribution in [-0.4, -0.2) is 39.6 Å². The molecule has 1 aliphatic heterocycles. The van der Waals surface area contributed by atoms with Crippen LogP contribution in [0, 0.1) is 30.6 Å². The standard InChI is InChI=1S/C14H15N5O3S/c1-6-17-18-14(23-6)16-13(22)15-5-19-11(20)9-7-2-3-8(4-7)10(9)12(19)21/h2-3,7-10H,4-5H2,1H3,(H2,15,16,18,22)/t7-,8-,9+,10+/m0/s1. The quantitative estimate of drug-likeness (QED) is 0.627. The second-order valence-corrected chi connectivity index (χ2v) is 7.20. The number of aryl methyl sites for hydroxylation is 1. The van der Waals surface area contributed by atoms with Crippen molar-refractivity contribution in [2.75, 3.05) is 12.0 Å².